The van der Waals surface area contributed by atoms with Gasteiger partial charge in [0, 0.05) is 28.7 Å². The average molecular weight is 356 g/mol. The molecule has 0 atom stereocenters. The van der Waals surface area contributed by atoms with Crippen molar-refractivity contribution in [2.24, 2.45) is 0 Å². The van der Waals surface area contributed by atoms with Crippen LogP contribution < -0.4 is 5.32 Å². The molecule has 2 amide bonds. The summed E-state index contributed by atoms with van der Waals surface area (Å²) >= 11 is 1.37. The van der Waals surface area contributed by atoms with Gasteiger partial charge in [0.15, 0.2) is 5.13 Å². The van der Waals surface area contributed by atoms with E-state index >= 15 is 0 Å². The molecule has 1 aliphatic rings. The molecule has 3 aromatic rings. The van der Waals surface area contributed by atoms with Gasteiger partial charge < -0.3 is 14.6 Å². The molecule has 0 spiro atoms. The van der Waals surface area contributed by atoms with E-state index in [0.717, 1.165) is 21.5 Å². The highest BCUT2D eigenvalue weighted by atomic mass is 32.1. The van der Waals surface area contributed by atoms with Crippen LogP contribution in [0.25, 0.3) is 10.9 Å². The van der Waals surface area contributed by atoms with Gasteiger partial charge in [-0.1, -0.05) is 29.5 Å². The Bertz CT molecular complexity index is 929. The minimum Gasteiger partial charge on any atom is -0.453 e. The van der Waals surface area contributed by atoms with Crippen molar-refractivity contribution in [2.75, 3.05) is 19.0 Å². The summed E-state index contributed by atoms with van der Waals surface area (Å²) in [5.41, 5.74) is 2.46. The Kier molecular flexibility index (Phi) is 3.89. The lowest BCUT2D eigenvalue weighted by Gasteiger charge is -2.25. The number of ether oxygens (including phenoxy) is 1. The fraction of sp³-hybridized carbons (Fsp3) is 0.235. The molecule has 2 aromatic heterocycles. The number of aromatic nitrogens is 2. The van der Waals surface area contributed by atoms with Crippen LogP contribution >= 0.6 is 11.3 Å². The monoisotopic (exact) mass is 356 g/mol. The van der Waals surface area contributed by atoms with E-state index in [1.165, 1.54) is 18.4 Å². The van der Waals surface area contributed by atoms with Crippen molar-refractivity contribution in [3.8, 4) is 0 Å². The number of hydrogen-bond acceptors (Lipinski definition) is 5. The largest absolute Gasteiger partial charge is 0.453 e. The van der Waals surface area contributed by atoms with Gasteiger partial charge in [-0.05, 0) is 12.1 Å². The lowest BCUT2D eigenvalue weighted by atomic mass is 10.1. The highest BCUT2D eigenvalue weighted by Crippen LogP contribution is 2.29. The predicted molar refractivity (Wildman–Crippen MR) is 94.9 cm³/mol. The maximum Gasteiger partial charge on any atom is 0.413 e. The Balaban J connectivity index is 1.53. The highest BCUT2D eigenvalue weighted by molar-refractivity contribution is 7.15. The smallest absolute Gasteiger partial charge is 0.413 e. The zero-order chi connectivity index (χ0) is 17.4. The number of aromatic amines is 1. The first-order valence-electron chi connectivity index (χ1n) is 7.84. The van der Waals surface area contributed by atoms with Gasteiger partial charge in [-0.3, -0.25) is 10.1 Å². The molecule has 0 radical (unpaired) electrons. The predicted octanol–water partition coefficient (Wildman–Crippen LogP) is 3.00. The molecule has 0 unspecified atom stereocenters. The fourth-order valence-electron chi connectivity index (χ4n) is 2.92. The number of hydrogen-bond donors (Lipinski definition) is 2. The number of carbonyl (C=O) groups is 2. The number of carbonyl (C=O) groups excluding carboxylic acids is 2. The SMILES string of the molecule is COC(=O)Nc1nc2c(s1)CN(C(=O)c1cc3ccccc3[nH]1)CC2. The Morgan fingerprint density at radius 1 is 1.36 bits per heavy atom. The first-order chi connectivity index (χ1) is 12.1. The second-order valence-electron chi connectivity index (χ2n) is 5.75. The number of amides is 2. The van der Waals surface area contributed by atoms with E-state index in [-0.39, 0.29) is 5.91 Å². The average Bonchev–Trinajstić information content (AvgIpc) is 3.23. The highest BCUT2D eigenvalue weighted by Gasteiger charge is 2.26. The number of nitrogens with zero attached hydrogens (tertiary/aromatic N) is 2. The van der Waals surface area contributed by atoms with Crippen LogP contribution in [0.1, 0.15) is 21.1 Å². The third-order valence-electron chi connectivity index (χ3n) is 4.17. The maximum absolute atomic E-state index is 12.8. The summed E-state index contributed by atoms with van der Waals surface area (Å²) < 4.78 is 4.58. The molecule has 7 nitrogen and oxygen atoms in total. The first kappa shape index (κ1) is 15.6. The molecule has 2 N–H and O–H groups in total. The number of fused-ring (bicyclic) bond motifs is 2. The molecular formula is C17H16N4O3S. The molecule has 25 heavy (non-hydrogen) atoms. The number of para-hydroxylation sites is 1. The van der Waals surface area contributed by atoms with Crippen LogP contribution in [0.15, 0.2) is 30.3 Å². The number of nitrogens with one attached hydrogen (secondary N) is 2. The fourth-order valence-corrected chi connectivity index (χ4v) is 3.93. The van der Waals surface area contributed by atoms with Gasteiger partial charge in [0.25, 0.3) is 5.91 Å². The lowest BCUT2D eigenvalue weighted by molar-refractivity contribution is 0.0731. The van der Waals surface area contributed by atoms with Crippen LogP contribution in [0.4, 0.5) is 9.93 Å². The molecule has 8 heteroatoms. The van der Waals surface area contributed by atoms with Gasteiger partial charge in [0.05, 0.1) is 19.3 Å². The number of benzene rings is 1. The third-order valence-corrected chi connectivity index (χ3v) is 5.17. The first-order valence-corrected chi connectivity index (χ1v) is 8.66. The standard InChI is InChI=1S/C17H16N4O3S/c1-24-17(23)20-16-19-12-6-7-21(9-14(12)25-16)15(22)13-8-10-4-2-3-5-11(10)18-13/h2-5,8,18H,6-7,9H2,1H3,(H,19,20,23). The molecule has 128 valence electrons. The summed E-state index contributed by atoms with van der Waals surface area (Å²) in [6.45, 7) is 1.09. The summed E-state index contributed by atoms with van der Waals surface area (Å²) in [6, 6.07) is 9.70. The molecule has 0 fully saturated rings. The topological polar surface area (TPSA) is 87.3 Å². The molecule has 0 bridgehead atoms. The summed E-state index contributed by atoms with van der Waals surface area (Å²) in [5.74, 6) is -0.0299. The van der Waals surface area contributed by atoms with E-state index in [1.54, 1.807) is 4.90 Å². The van der Waals surface area contributed by atoms with Crippen LogP contribution in [0.3, 0.4) is 0 Å². The van der Waals surface area contributed by atoms with Gasteiger partial charge in [-0.25, -0.2) is 9.78 Å². The Morgan fingerprint density at radius 2 is 2.20 bits per heavy atom. The van der Waals surface area contributed by atoms with E-state index in [0.29, 0.717) is 30.3 Å². The van der Waals surface area contributed by atoms with Gasteiger partial charge in [-0.2, -0.15) is 0 Å². The van der Waals surface area contributed by atoms with Gasteiger partial charge in [-0.15, -0.1) is 0 Å². The summed E-state index contributed by atoms with van der Waals surface area (Å²) in [7, 11) is 1.31. The number of thiazole rings is 1. The van der Waals surface area contributed by atoms with Gasteiger partial charge in [0.2, 0.25) is 0 Å². The van der Waals surface area contributed by atoms with Crippen molar-refractivity contribution in [1.82, 2.24) is 14.9 Å². The number of anilines is 1. The molecule has 3 heterocycles. The summed E-state index contributed by atoms with van der Waals surface area (Å²) in [4.78, 5) is 34.5. The third kappa shape index (κ3) is 2.96. The number of rotatable bonds is 2. The van der Waals surface area contributed by atoms with Crippen molar-refractivity contribution in [2.45, 2.75) is 13.0 Å². The zero-order valence-corrected chi connectivity index (χ0v) is 14.4. The van der Waals surface area contributed by atoms with E-state index in [1.807, 2.05) is 30.3 Å². The van der Waals surface area contributed by atoms with Gasteiger partial charge >= 0.3 is 6.09 Å². The van der Waals surface area contributed by atoms with Crippen molar-refractivity contribution >= 4 is 39.4 Å². The Labute approximate surface area is 147 Å². The number of methoxy groups -OCH3 is 1. The normalized spacial score (nSPS) is 13.6. The van der Waals surface area contributed by atoms with E-state index < -0.39 is 6.09 Å². The van der Waals surface area contributed by atoms with E-state index in [4.69, 9.17) is 0 Å². The number of H-pyrrole nitrogens is 1. The zero-order valence-electron chi connectivity index (χ0n) is 13.5. The molecular weight excluding hydrogens is 340 g/mol. The molecule has 0 saturated heterocycles. The summed E-state index contributed by atoms with van der Waals surface area (Å²) in [5, 5.41) is 4.10. The maximum atomic E-state index is 12.8. The second-order valence-corrected chi connectivity index (χ2v) is 6.84. The van der Waals surface area contributed by atoms with Crippen LogP contribution in [0, 0.1) is 0 Å². The van der Waals surface area contributed by atoms with Crippen LogP contribution in [0.2, 0.25) is 0 Å². The minimum atomic E-state index is -0.544. The van der Waals surface area contributed by atoms with Crippen molar-refractivity contribution in [1.29, 1.82) is 0 Å². The molecule has 1 aromatic carbocycles. The second kappa shape index (κ2) is 6.21. The van der Waals surface area contributed by atoms with Crippen LogP contribution in [0.5, 0.6) is 0 Å². The molecule has 0 aliphatic carbocycles. The van der Waals surface area contributed by atoms with E-state index in [2.05, 4.69) is 20.0 Å². The van der Waals surface area contributed by atoms with Crippen LogP contribution in [-0.4, -0.2) is 40.5 Å². The van der Waals surface area contributed by atoms with Crippen molar-refractivity contribution < 1.29 is 14.3 Å². The van der Waals surface area contributed by atoms with Gasteiger partial charge in [0.1, 0.15) is 5.69 Å². The Hall–Kier alpha value is -2.87. The quantitative estimate of drug-likeness (QED) is 0.739. The van der Waals surface area contributed by atoms with Crippen molar-refractivity contribution in [3.63, 3.8) is 0 Å². The lowest BCUT2D eigenvalue weighted by Crippen LogP contribution is -2.35. The van der Waals surface area contributed by atoms with Crippen molar-refractivity contribution in [3.05, 3.63) is 46.6 Å². The molecule has 0 saturated carbocycles. The molecule has 4 rings (SSSR count). The minimum absolute atomic E-state index is 0.0299. The molecule has 1 aliphatic heterocycles. The Morgan fingerprint density at radius 3 is 3.00 bits per heavy atom. The van der Waals surface area contributed by atoms with E-state index in [9.17, 15) is 9.59 Å². The summed E-state index contributed by atoms with van der Waals surface area (Å²) in [6.07, 6.45) is 0.123. The van der Waals surface area contributed by atoms with Crippen LogP contribution in [-0.2, 0) is 17.7 Å².